The normalized spacial score (nSPS) is 12.7. The van der Waals surface area contributed by atoms with Gasteiger partial charge in [-0.1, -0.05) is 50.2 Å². The molecule has 29 heavy (non-hydrogen) atoms. The molecule has 0 aliphatic carbocycles. The van der Waals surface area contributed by atoms with Gasteiger partial charge in [0.1, 0.15) is 0 Å². The van der Waals surface area contributed by atoms with E-state index in [2.05, 4.69) is 24.5 Å². The smallest absolute Gasteiger partial charge is 0.853 e. The first-order valence-corrected chi connectivity index (χ1v) is 17.0. The summed E-state index contributed by atoms with van der Waals surface area (Å²) in [6.45, 7) is 3.68. The van der Waals surface area contributed by atoms with E-state index in [1.807, 2.05) is 74.5 Å². The van der Waals surface area contributed by atoms with E-state index in [4.69, 9.17) is 0 Å². The molecule has 0 saturated carbocycles. The number of benzene rings is 2. The van der Waals surface area contributed by atoms with Crippen LogP contribution in [0.4, 0.5) is 0 Å². The molecule has 0 amide bonds. The van der Waals surface area contributed by atoms with Crippen molar-refractivity contribution < 1.29 is 78.0 Å². The monoisotopic (exact) mass is 658 g/mol. The molecule has 2 rings (SSSR count). The molecule has 0 N–H and O–H groups in total. The zero-order valence-corrected chi connectivity index (χ0v) is 30.4. The Hall–Kier alpha value is 2.41. The Morgan fingerprint density at radius 2 is 0.862 bits per heavy atom. The molecule has 0 aromatic heterocycles. The molecule has 2 aromatic carbocycles. The van der Waals surface area contributed by atoms with Crippen LogP contribution in [0.2, 0.25) is 0 Å². The number of rotatable bonds is 4. The van der Waals surface area contributed by atoms with E-state index >= 15 is 0 Å². The molecule has 0 spiro atoms. The Bertz CT molecular complexity index is 729. The van der Waals surface area contributed by atoms with Crippen molar-refractivity contribution in [2.45, 2.75) is 23.6 Å². The van der Waals surface area contributed by atoms with E-state index in [-0.39, 0.29) is 58.4 Å². The third-order valence-electron chi connectivity index (χ3n) is 3.12. The van der Waals surface area contributed by atoms with E-state index < -0.39 is 31.5 Å². The molecule has 0 saturated heterocycles. The molecule has 2 unspecified atom stereocenters. The van der Waals surface area contributed by atoms with Crippen LogP contribution in [0.3, 0.4) is 0 Å². The molecule has 0 aliphatic rings. The largest absolute Gasteiger partial charge is 2.00 e. The molecular formula is C16H20O4P2S4Zn3. The number of hydrogen-bond donors (Lipinski definition) is 0. The molecule has 148 valence electrons. The van der Waals surface area contributed by atoms with E-state index in [9.17, 15) is 19.6 Å². The van der Waals surface area contributed by atoms with E-state index in [0.29, 0.717) is 11.5 Å². The molecule has 2 aromatic rings. The average molecular weight is 663 g/mol. The van der Waals surface area contributed by atoms with Gasteiger partial charge in [-0.3, -0.25) is 0 Å². The van der Waals surface area contributed by atoms with Crippen molar-refractivity contribution >= 4 is 56.0 Å². The second-order valence-electron chi connectivity index (χ2n) is 4.83. The first-order chi connectivity index (χ1) is 12.1. The van der Waals surface area contributed by atoms with Gasteiger partial charge in [0.15, 0.2) is 0 Å². The fourth-order valence-corrected chi connectivity index (χ4v) is 12.4. The van der Waals surface area contributed by atoms with E-state index in [0.717, 1.165) is 9.79 Å². The summed E-state index contributed by atoms with van der Waals surface area (Å²) in [7, 11) is -1.59. The SMILES string of the molecule is CCS(c1ccccc1)=P([O-])([O-])[S-].CCS(c1ccccc1)=P([O-])([O-])[S-].[Zn+2].[Zn+2].[Zn+2]. The third-order valence-corrected chi connectivity index (χ3v) is 16.2. The van der Waals surface area contributed by atoms with Gasteiger partial charge in [0.25, 0.3) is 0 Å². The fourth-order valence-electron chi connectivity index (χ4n) is 2.06. The standard InChI is InChI=1S/2C8H10O2PS2.3Zn/c2*1-2-13(11(9,10)12)8-6-4-3-5-7-8;;;/h2*3-7H,2H2,1H3;;;/q2*-3;3*+2. The minimum Gasteiger partial charge on any atom is -0.853 e. The van der Waals surface area contributed by atoms with Crippen LogP contribution in [0.15, 0.2) is 70.5 Å². The van der Waals surface area contributed by atoms with Crippen LogP contribution in [0.5, 0.6) is 0 Å². The van der Waals surface area contributed by atoms with Gasteiger partial charge >= 0.3 is 58.4 Å². The van der Waals surface area contributed by atoms with Gasteiger partial charge < -0.3 is 55.5 Å². The third kappa shape index (κ3) is 13.6. The van der Waals surface area contributed by atoms with Gasteiger partial charge in [0, 0.05) is 0 Å². The molecule has 13 heteroatoms. The first kappa shape index (κ1) is 36.0. The average Bonchev–Trinajstić information content (AvgIpc) is 2.56. The van der Waals surface area contributed by atoms with Crippen molar-refractivity contribution in [2.75, 3.05) is 11.5 Å². The van der Waals surface area contributed by atoms with Crippen molar-refractivity contribution in [3.8, 4) is 0 Å². The fraction of sp³-hybridized carbons (Fsp3) is 0.250. The predicted octanol–water partition coefficient (Wildman–Crippen LogP) is 1.25. The second-order valence-corrected chi connectivity index (χ2v) is 20.0. The van der Waals surface area contributed by atoms with Gasteiger partial charge in [-0.05, 0) is 45.6 Å². The second kappa shape index (κ2) is 17.8. The van der Waals surface area contributed by atoms with Gasteiger partial charge in [0.2, 0.25) is 0 Å². The van der Waals surface area contributed by atoms with Crippen LogP contribution < -0.4 is 19.6 Å². The van der Waals surface area contributed by atoms with Crippen LogP contribution in [-0.2, 0) is 103 Å². The first-order valence-electron chi connectivity index (χ1n) is 7.68. The summed E-state index contributed by atoms with van der Waals surface area (Å²) < 4.78 is 0. The summed E-state index contributed by atoms with van der Waals surface area (Å²) >= 11 is 9.00. The van der Waals surface area contributed by atoms with Crippen molar-refractivity contribution in [1.82, 2.24) is 0 Å². The van der Waals surface area contributed by atoms with Crippen LogP contribution >= 0.6 is 11.4 Å². The van der Waals surface area contributed by atoms with Gasteiger partial charge in [-0.25, -0.2) is 20.1 Å². The molecule has 4 nitrogen and oxygen atoms in total. The summed E-state index contributed by atoms with van der Waals surface area (Å²) in [6, 6.07) is 18.3. The van der Waals surface area contributed by atoms with Crippen LogP contribution in [0.1, 0.15) is 13.8 Å². The molecule has 0 fully saturated rings. The van der Waals surface area contributed by atoms with Crippen molar-refractivity contribution in [1.29, 1.82) is 0 Å². The maximum Gasteiger partial charge on any atom is 2.00 e. The Kier molecular flexibility index (Phi) is 22.1. The Balaban J connectivity index is -0.000000422. The van der Waals surface area contributed by atoms with Gasteiger partial charge in [-0.2, -0.15) is 0 Å². The zero-order valence-electron chi connectivity index (χ0n) is 16.5. The topological polar surface area (TPSA) is 92.2 Å². The van der Waals surface area contributed by atoms with Crippen molar-refractivity contribution in [2.24, 2.45) is 0 Å². The van der Waals surface area contributed by atoms with Crippen LogP contribution in [0, 0.1) is 0 Å². The molecular weight excluding hydrogens is 643 g/mol. The Morgan fingerprint density at radius 3 is 1.03 bits per heavy atom. The van der Waals surface area contributed by atoms with Crippen molar-refractivity contribution in [3.63, 3.8) is 0 Å². The van der Waals surface area contributed by atoms with Crippen molar-refractivity contribution in [3.05, 3.63) is 60.7 Å². The summed E-state index contributed by atoms with van der Waals surface area (Å²) in [6.07, 6.45) is 0. The molecule has 2 atom stereocenters. The summed E-state index contributed by atoms with van der Waals surface area (Å²) in [5.74, 6) is 1.13. The van der Waals surface area contributed by atoms with Gasteiger partial charge in [-0.15, -0.1) is 0 Å². The minimum atomic E-state index is -3.64. The molecule has 0 aliphatic heterocycles. The summed E-state index contributed by atoms with van der Waals surface area (Å²) in [5, 5.41) is 0. The van der Waals surface area contributed by atoms with E-state index in [1.54, 1.807) is 0 Å². The Labute approximate surface area is 227 Å². The van der Waals surface area contributed by atoms with Gasteiger partial charge in [0.05, 0.1) is 0 Å². The van der Waals surface area contributed by atoms with Crippen LogP contribution in [0.25, 0.3) is 0 Å². The molecule has 0 heterocycles. The van der Waals surface area contributed by atoms with Crippen LogP contribution in [-0.4, -0.2) is 11.5 Å². The number of hydrogen-bond acceptors (Lipinski definition) is 6. The molecule has 0 bridgehead atoms. The summed E-state index contributed by atoms with van der Waals surface area (Å²) in [5.41, 5.74) is -7.27. The Morgan fingerprint density at radius 1 is 0.621 bits per heavy atom. The maximum absolute atomic E-state index is 11.2. The van der Waals surface area contributed by atoms with E-state index in [1.165, 1.54) is 0 Å². The minimum absolute atomic E-state index is 0. The molecule has 0 radical (unpaired) electrons. The predicted molar refractivity (Wildman–Crippen MR) is 114 cm³/mol. The maximum atomic E-state index is 11.2. The summed E-state index contributed by atoms with van der Waals surface area (Å²) in [4.78, 5) is 46.5. The zero-order chi connectivity index (χ0) is 19.8. The quantitative estimate of drug-likeness (QED) is 0.278.